The second-order valence-electron chi connectivity index (χ2n) is 8.79. The van der Waals surface area contributed by atoms with Crippen molar-refractivity contribution < 1.29 is 30.6 Å². The van der Waals surface area contributed by atoms with E-state index >= 15 is 0 Å². The maximum absolute atomic E-state index is 13.2. The first-order valence-electron chi connectivity index (χ1n) is 10.7. The van der Waals surface area contributed by atoms with Crippen LogP contribution in [0.3, 0.4) is 0 Å². The van der Waals surface area contributed by atoms with E-state index in [-0.39, 0.29) is 39.0 Å². The summed E-state index contributed by atoms with van der Waals surface area (Å²) in [6.07, 6.45) is 8.55. The molecule has 0 radical (unpaired) electrons. The molecule has 0 N–H and O–H groups in total. The minimum absolute atomic E-state index is 0. The predicted octanol–water partition coefficient (Wildman–Crippen LogP) is 6.94. The zero-order valence-corrected chi connectivity index (χ0v) is 22.4. The van der Waals surface area contributed by atoms with Crippen LogP contribution in [0, 0.1) is 5.82 Å². The molecule has 0 amide bonds. The smallest absolute Gasteiger partial charge is 0.375 e. The first-order chi connectivity index (χ1) is 14.7. The summed E-state index contributed by atoms with van der Waals surface area (Å²) in [4.78, 5) is 0. The molecule has 1 aliphatic carbocycles. The van der Waals surface area contributed by atoms with Gasteiger partial charge in [0.25, 0.3) is 0 Å². The molecule has 32 heavy (non-hydrogen) atoms. The van der Waals surface area contributed by atoms with Crippen LogP contribution in [0.25, 0.3) is 6.08 Å². The third-order valence-electron chi connectivity index (χ3n) is 5.57. The molecule has 0 aromatic heterocycles. The molecule has 0 aliphatic heterocycles. The van der Waals surface area contributed by atoms with Crippen LogP contribution in [0.2, 0.25) is 6.04 Å². The maximum atomic E-state index is 13.2. The van der Waals surface area contributed by atoms with Gasteiger partial charge in [-0.3, -0.25) is 0 Å². The first-order valence-corrected chi connectivity index (χ1v) is 12.3. The van der Waals surface area contributed by atoms with Crippen LogP contribution in [-0.4, -0.2) is 26.0 Å². The second-order valence-corrected chi connectivity index (χ2v) is 10.7. The molecule has 0 heterocycles. The number of benzene rings is 2. The molecular formula is C27H34FNOSiTi+2. The Balaban J connectivity index is 0.000000770. The van der Waals surface area contributed by atoms with E-state index in [0.29, 0.717) is 6.04 Å². The van der Waals surface area contributed by atoms with Gasteiger partial charge in [0.05, 0.1) is 0 Å². The van der Waals surface area contributed by atoms with Gasteiger partial charge in [-0.25, -0.2) is 4.39 Å². The molecule has 2 aromatic carbocycles. The fourth-order valence-electron chi connectivity index (χ4n) is 3.53. The van der Waals surface area contributed by atoms with Crippen LogP contribution in [0.4, 0.5) is 4.39 Å². The van der Waals surface area contributed by atoms with E-state index in [1.165, 1.54) is 28.8 Å². The van der Waals surface area contributed by atoms with Crippen molar-refractivity contribution in [2.24, 2.45) is 0 Å². The van der Waals surface area contributed by atoms with Gasteiger partial charge in [0.2, 0.25) is 0 Å². The first kappa shape index (κ1) is 28.2. The van der Waals surface area contributed by atoms with Gasteiger partial charge in [-0.15, -0.1) is 0 Å². The zero-order valence-electron chi connectivity index (χ0n) is 19.9. The molecule has 1 aliphatic rings. The fourth-order valence-corrected chi connectivity index (χ4v) is 5.39. The van der Waals surface area contributed by atoms with Crippen molar-refractivity contribution in [2.45, 2.75) is 51.6 Å². The standard InChI is InChI=1S/C22H26FNOSi.C5H8.Ti/c1-22(2,3)24(4)26(25)15-21-18(13-16-9-11-19(23)12-10-16)14-17-7-5-6-8-20(17)21;1-3-5-4-2;/h5-12,14,21H,13,15H2,1-4H3;3-5H,1H2,2H3;/q;;+2. The van der Waals surface area contributed by atoms with Crippen molar-refractivity contribution in [3.05, 3.63) is 101 Å². The normalized spacial score (nSPS) is 14.6. The summed E-state index contributed by atoms with van der Waals surface area (Å²) >= 11 is 0. The van der Waals surface area contributed by atoms with Crippen LogP contribution in [0.1, 0.15) is 50.3 Å². The Kier molecular flexibility index (Phi) is 11.4. The van der Waals surface area contributed by atoms with E-state index in [9.17, 15) is 8.85 Å². The third kappa shape index (κ3) is 7.91. The number of fused-ring (bicyclic) bond motifs is 1. The van der Waals surface area contributed by atoms with Crippen molar-refractivity contribution in [3.63, 3.8) is 0 Å². The molecule has 0 fully saturated rings. The maximum Gasteiger partial charge on any atom is 2.00 e. The Hall–Kier alpha value is -1.88. The fraction of sp³-hybridized carbons (Fsp3) is 0.333. The van der Waals surface area contributed by atoms with Gasteiger partial charge in [0.15, 0.2) is 0 Å². The zero-order chi connectivity index (χ0) is 23.0. The summed E-state index contributed by atoms with van der Waals surface area (Å²) in [7, 11) is 0.0527. The Labute approximate surface area is 209 Å². The summed E-state index contributed by atoms with van der Waals surface area (Å²) in [6, 6.07) is 15.7. The van der Waals surface area contributed by atoms with Gasteiger partial charge < -0.3 is 9.03 Å². The van der Waals surface area contributed by atoms with E-state index in [2.05, 4.69) is 45.6 Å². The van der Waals surface area contributed by atoms with Crippen LogP contribution >= 0.6 is 0 Å². The Morgan fingerprint density at radius 2 is 1.75 bits per heavy atom. The second kappa shape index (κ2) is 13.0. The quantitative estimate of drug-likeness (QED) is 0.328. The summed E-state index contributed by atoms with van der Waals surface area (Å²) < 4.78 is 28.2. The van der Waals surface area contributed by atoms with Gasteiger partial charge in [0, 0.05) is 24.5 Å². The van der Waals surface area contributed by atoms with Crippen molar-refractivity contribution >= 4 is 14.9 Å². The summed E-state index contributed by atoms with van der Waals surface area (Å²) in [5.74, 6) is -0.0571. The third-order valence-corrected chi connectivity index (χ3v) is 7.75. The average molecular weight is 484 g/mol. The molecule has 3 rings (SSSR count). The molecule has 2 aromatic rings. The Morgan fingerprint density at radius 1 is 1.12 bits per heavy atom. The molecule has 1 atom stereocenters. The van der Waals surface area contributed by atoms with Crippen molar-refractivity contribution in [1.82, 2.24) is 4.57 Å². The monoisotopic (exact) mass is 483 g/mol. The molecule has 0 bridgehead atoms. The van der Waals surface area contributed by atoms with Gasteiger partial charge in [-0.2, -0.15) is 0 Å². The Bertz CT molecular complexity index is 960. The van der Waals surface area contributed by atoms with E-state index in [1.54, 1.807) is 6.08 Å². The van der Waals surface area contributed by atoms with E-state index in [0.717, 1.165) is 12.0 Å². The minimum atomic E-state index is -1.90. The summed E-state index contributed by atoms with van der Waals surface area (Å²) in [6.45, 7) is 11.7. The van der Waals surface area contributed by atoms with Crippen LogP contribution in [-0.2, 0) is 32.6 Å². The van der Waals surface area contributed by atoms with Crippen LogP contribution in [0.5, 0.6) is 0 Å². The van der Waals surface area contributed by atoms with Crippen molar-refractivity contribution in [3.8, 4) is 0 Å². The molecule has 0 saturated carbocycles. The van der Waals surface area contributed by atoms with E-state index in [4.69, 9.17) is 0 Å². The summed E-state index contributed by atoms with van der Waals surface area (Å²) in [5.41, 5.74) is 4.69. The number of rotatable bonds is 6. The van der Waals surface area contributed by atoms with Gasteiger partial charge >= 0.3 is 30.6 Å². The molecular weight excluding hydrogens is 449 g/mol. The van der Waals surface area contributed by atoms with Crippen molar-refractivity contribution in [1.29, 1.82) is 0 Å². The molecule has 0 spiro atoms. The number of allylic oxidation sites excluding steroid dienone is 4. The van der Waals surface area contributed by atoms with E-state index in [1.807, 2.05) is 55.0 Å². The van der Waals surface area contributed by atoms with Crippen LogP contribution in [0.15, 0.2) is 78.9 Å². The van der Waals surface area contributed by atoms with Gasteiger partial charge in [0.1, 0.15) is 5.82 Å². The molecule has 166 valence electrons. The van der Waals surface area contributed by atoms with E-state index < -0.39 is 8.84 Å². The van der Waals surface area contributed by atoms with Crippen LogP contribution < -0.4 is 0 Å². The minimum Gasteiger partial charge on any atom is -0.375 e. The Morgan fingerprint density at radius 3 is 2.28 bits per heavy atom. The number of nitrogens with zero attached hydrogens (tertiary/aromatic N) is 1. The molecule has 5 heteroatoms. The van der Waals surface area contributed by atoms with Crippen molar-refractivity contribution in [2.75, 3.05) is 7.05 Å². The topological polar surface area (TPSA) is 20.3 Å². The number of halogens is 1. The largest absolute Gasteiger partial charge is 2.00 e. The molecule has 0 saturated heterocycles. The molecule has 1 unspecified atom stereocenters. The summed E-state index contributed by atoms with van der Waals surface area (Å²) in [5, 5.41) is 0. The van der Waals surface area contributed by atoms with Gasteiger partial charge in [-0.1, -0.05) is 72.9 Å². The SMILES string of the molecule is C=CC=CC.CN([Si](=O)CC1C(Cc2ccc(F)cc2)=Cc2ccccc21)C(C)(C)C.[Ti+2]. The average Bonchev–Trinajstić information content (AvgIpc) is 3.06. The predicted molar refractivity (Wildman–Crippen MR) is 131 cm³/mol. The number of hydrogen-bond donors (Lipinski definition) is 0. The van der Waals surface area contributed by atoms with Gasteiger partial charge in [-0.05, 0) is 62.9 Å². The number of hydrogen-bond acceptors (Lipinski definition) is 1. The molecule has 2 nitrogen and oxygen atoms in total.